The minimum atomic E-state index is -0.821. The molecule has 0 saturated heterocycles. The highest BCUT2D eigenvalue weighted by atomic mass is 16.5. The third-order valence-electron chi connectivity index (χ3n) is 4.37. The highest BCUT2D eigenvalue weighted by molar-refractivity contribution is 5.66. The summed E-state index contributed by atoms with van der Waals surface area (Å²) in [5.74, 6) is 1.27. The van der Waals surface area contributed by atoms with E-state index < -0.39 is 5.97 Å². The molecule has 138 valence electrons. The van der Waals surface area contributed by atoms with Gasteiger partial charge in [0.1, 0.15) is 11.5 Å². The third-order valence-corrected chi connectivity index (χ3v) is 4.37. The summed E-state index contributed by atoms with van der Waals surface area (Å²) in [6, 6.07) is 17.6. The zero-order valence-electron chi connectivity index (χ0n) is 14.7. The summed E-state index contributed by atoms with van der Waals surface area (Å²) in [5.41, 5.74) is 1.08. The Kier molecular flexibility index (Phi) is 6.63. The van der Waals surface area contributed by atoms with Crippen LogP contribution in [-0.4, -0.2) is 30.4 Å². The van der Waals surface area contributed by atoms with E-state index in [1.54, 1.807) is 0 Å². The Morgan fingerprint density at radius 1 is 1.04 bits per heavy atom. The number of carbonyl (C=O) groups is 1. The maximum absolute atomic E-state index is 10.4. The van der Waals surface area contributed by atoms with Crippen LogP contribution in [0.2, 0.25) is 0 Å². The van der Waals surface area contributed by atoms with Crippen LogP contribution in [0, 0.1) is 5.92 Å². The van der Waals surface area contributed by atoms with Crippen LogP contribution in [-0.2, 0) is 20.9 Å². The molecule has 0 aromatic heterocycles. The molecule has 0 bridgehead atoms. The zero-order valence-corrected chi connectivity index (χ0v) is 14.7. The van der Waals surface area contributed by atoms with Crippen LogP contribution in [0.1, 0.15) is 24.8 Å². The van der Waals surface area contributed by atoms with Crippen LogP contribution in [0.4, 0.5) is 0 Å². The van der Waals surface area contributed by atoms with E-state index in [0.29, 0.717) is 19.1 Å². The fourth-order valence-electron chi connectivity index (χ4n) is 2.89. The molecule has 0 heterocycles. The van der Waals surface area contributed by atoms with Gasteiger partial charge in [-0.25, -0.2) is 0 Å². The molecule has 0 amide bonds. The zero-order chi connectivity index (χ0) is 18.2. The number of hydrogen-bond acceptors (Lipinski definition) is 4. The van der Waals surface area contributed by atoms with E-state index in [1.807, 2.05) is 54.6 Å². The van der Waals surface area contributed by atoms with Gasteiger partial charge in [-0.3, -0.25) is 4.79 Å². The van der Waals surface area contributed by atoms with E-state index in [1.165, 1.54) is 0 Å². The number of benzene rings is 2. The largest absolute Gasteiger partial charge is 0.481 e. The van der Waals surface area contributed by atoms with Gasteiger partial charge in [0.05, 0.1) is 25.7 Å². The molecular formula is C21H24O5. The lowest BCUT2D eigenvalue weighted by Crippen LogP contribution is -2.34. The summed E-state index contributed by atoms with van der Waals surface area (Å²) >= 11 is 0. The molecule has 0 unspecified atom stereocenters. The Morgan fingerprint density at radius 3 is 2.58 bits per heavy atom. The second-order valence-electron chi connectivity index (χ2n) is 6.55. The van der Waals surface area contributed by atoms with Crippen LogP contribution in [0.3, 0.4) is 0 Å². The van der Waals surface area contributed by atoms with Crippen molar-refractivity contribution in [3.63, 3.8) is 0 Å². The molecule has 5 heteroatoms. The number of carboxylic acids is 1. The van der Waals surface area contributed by atoms with Crippen molar-refractivity contribution in [3.05, 3.63) is 60.2 Å². The van der Waals surface area contributed by atoms with Gasteiger partial charge in [-0.05, 0) is 48.6 Å². The van der Waals surface area contributed by atoms with Crippen molar-refractivity contribution in [3.8, 4) is 11.5 Å². The van der Waals surface area contributed by atoms with Gasteiger partial charge < -0.3 is 19.3 Å². The van der Waals surface area contributed by atoms with Crippen LogP contribution in [0.5, 0.6) is 11.5 Å². The molecule has 0 atom stereocenters. The van der Waals surface area contributed by atoms with Gasteiger partial charge in [0.2, 0.25) is 0 Å². The summed E-state index contributed by atoms with van der Waals surface area (Å²) in [6.45, 7) is 1.46. The van der Waals surface area contributed by atoms with E-state index in [4.69, 9.17) is 19.3 Å². The lowest BCUT2D eigenvalue weighted by atomic mass is 9.83. The lowest BCUT2D eigenvalue weighted by molar-refractivity contribution is -0.138. The average molecular weight is 356 g/mol. The number of para-hydroxylation sites is 1. The van der Waals surface area contributed by atoms with Crippen molar-refractivity contribution in [1.29, 1.82) is 0 Å². The van der Waals surface area contributed by atoms with E-state index in [9.17, 15) is 4.79 Å². The topological polar surface area (TPSA) is 65.0 Å². The molecule has 1 N–H and O–H groups in total. The first kappa shape index (κ1) is 18.4. The lowest BCUT2D eigenvalue weighted by Gasteiger charge is -2.34. The van der Waals surface area contributed by atoms with Crippen molar-refractivity contribution in [2.24, 2.45) is 5.92 Å². The van der Waals surface area contributed by atoms with E-state index in [0.717, 1.165) is 29.9 Å². The Bertz CT molecular complexity index is 695. The quantitative estimate of drug-likeness (QED) is 0.644. The van der Waals surface area contributed by atoms with Crippen molar-refractivity contribution in [1.82, 2.24) is 0 Å². The predicted molar refractivity (Wildman–Crippen MR) is 97.3 cm³/mol. The molecule has 1 aliphatic rings. The van der Waals surface area contributed by atoms with Gasteiger partial charge in [-0.2, -0.15) is 0 Å². The Hall–Kier alpha value is -2.37. The minimum absolute atomic E-state index is 0.0635. The molecule has 3 rings (SSSR count). The third kappa shape index (κ3) is 5.86. The molecule has 1 fully saturated rings. The molecule has 0 aliphatic heterocycles. The Labute approximate surface area is 153 Å². The summed E-state index contributed by atoms with van der Waals surface area (Å²) in [5, 5.41) is 8.56. The van der Waals surface area contributed by atoms with Gasteiger partial charge in [-0.1, -0.05) is 30.3 Å². The number of rotatable bonds is 10. The first-order valence-corrected chi connectivity index (χ1v) is 8.92. The first-order valence-electron chi connectivity index (χ1n) is 8.92. The van der Waals surface area contributed by atoms with Crippen molar-refractivity contribution >= 4 is 5.97 Å². The van der Waals surface area contributed by atoms with Gasteiger partial charge in [0, 0.05) is 6.61 Å². The summed E-state index contributed by atoms with van der Waals surface area (Å²) in [6.07, 6.45) is 2.25. The number of hydrogen-bond donors (Lipinski definition) is 1. The minimum Gasteiger partial charge on any atom is -0.481 e. The number of ether oxygens (including phenoxy) is 3. The highest BCUT2D eigenvalue weighted by Crippen LogP contribution is 2.31. The SMILES string of the molecule is O=C(O)CCOC[C@H]1C[C@@H](OCc2cccc(Oc3ccccc3)c2)C1. The van der Waals surface area contributed by atoms with Crippen LogP contribution in [0.15, 0.2) is 54.6 Å². The summed E-state index contributed by atoms with van der Waals surface area (Å²) in [7, 11) is 0. The number of aliphatic carboxylic acids is 1. The van der Waals surface area contributed by atoms with Gasteiger partial charge in [0.25, 0.3) is 0 Å². The maximum atomic E-state index is 10.4. The van der Waals surface area contributed by atoms with Crippen LogP contribution < -0.4 is 4.74 Å². The molecule has 1 aliphatic carbocycles. The van der Waals surface area contributed by atoms with Crippen molar-refractivity contribution in [2.45, 2.75) is 32.0 Å². The molecule has 0 spiro atoms. The fraction of sp³-hybridized carbons (Fsp3) is 0.381. The maximum Gasteiger partial charge on any atom is 0.305 e. The van der Waals surface area contributed by atoms with Gasteiger partial charge in [-0.15, -0.1) is 0 Å². The number of carboxylic acid groups (broad SMARTS) is 1. The van der Waals surface area contributed by atoms with E-state index in [-0.39, 0.29) is 19.1 Å². The Balaban J connectivity index is 1.36. The molecule has 0 radical (unpaired) electrons. The predicted octanol–water partition coefficient (Wildman–Crippen LogP) is 4.27. The molecule has 26 heavy (non-hydrogen) atoms. The standard InChI is InChI=1S/C21H24O5/c22-21(23)9-10-24-14-17-12-20(13-17)25-15-16-5-4-8-19(11-16)26-18-6-2-1-3-7-18/h1-8,11,17,20H,9-10,12-15H2,(H,22,23)/t17-,20+. The second kappa shape index (κ2) is 9.36. The normalized spacial score (nSPS) is 18.9. The fourth-order valence-corrected chi connectivity index (χ4v) is 2.89. The summed E-state index contributed by atoms with van der Waals surface area (Å²) < 4.78 is 17.2. The van der Waals surface area contributed by atoms with Crippen LogP contribution >= 0.6 is 0 Å². The monoisotopic (exact) mass is 356 g/mol. The molecular weight excluding hydrogens is 332 g/mol. The molecule has 1 saturated carbocycles. The van der Waals surface area contributed by atoms with Gasteiger partial charge in [0.15, 0.2) is 0 Å². The first-order chi connectivity index (χ1) is 12.7. The average Bonchev–Trinajstić information content (AvgIpc) is 2.60. The van der Waals surface area contributed by atoms with Gasteiger partial charge >= 0.3 is 5.97 Å². The van der Waals surface area contributed by atoms with Crippen molar-refractivity contribution in [2.75, 3.05) is 13.2 Å². The Morgan fingerprint density at radius 2 is 1.81 bits per heavy atom. The summed E-state index contributed by atoms with van der Waals surface area (Å²) in [4.78, 5) is 10.4. The molecule has 5 nitrogen and oxygen atoms in total. The highest BCUT2D eigenvalue weighted by Gasteiger charge is 2.29. The molecule has 2 aromatic carbocycles. The van der Waals surface area contributed by atoms with Crippen molar-refractivity contribution < 1.29 is 24.1 Å². The molecule has 2 aromatic rings. The second-order valence-corrected chi connectivity index (χ2v) is 6.55. The van der Waals surface area contributed by atoms with E-state index in [2.05, 4.69) is 0 Å². The smallest absolute Gasteiger partial charge is 0.305 e. The van der Waals surface area contributed by atoms with Crippen LogP contribution in [0.25, 0.3) is 0 Å². The van der Waals surface area contributed by atoms with E-state index >= 15 is 0 Å².